The molecule has 1 aliphatic heterocycles. The van der Waals surface area contributed by atoms with Gasteiger partial charge in [0.05, 0.1) is 12.2 Å². The fraction of sp³-hybridized carbons (Fsp3) is 1.00. The first kappa shape index (κ1) is 11.0. The lowest BCUT2D eigenvalue weighted by Gasteiger charge is -2.40. The van der Waals surface area contributed by atoms with Crippen LogP contribution >= 0.6 is 0 Å². The second-order valence-corrected chi connectivity index (χ2v) is 5.15. The molecule has 1 aliphatic rings. The maximum absolute atomic E-state index is 6.01. The number of hydrogen-bond donors (Lipinski definition) is 0. The third-order valence-electron chi connectivity index (χ3n) is 3.01. The summed E-state index contributed by atoms with van der Waals surface area (Å²) >= 11 is 0. The normalized spacial score (nSPS) is 33.2. The molecule has 0 aromatic rings. The zero-order valence-electron chi connectivity index (χ0n) is 9.60. The van der Waals surface area contributed by atoms with Gasteiger partial charge in [-0.05, 0) is 31.1 Å². The zero-order valence-corrected chi connectivity index (χ0v) is 9.60. The topological polar surface area (TPSA) is 9.23 Å². The minimum Gasteiger partial charge on any atom is -0.375 e. The van der Waals surface area contributed by atoms with Crippen molar-refractivity contribution >= 4 is 0 Å². The molecule has 1 heterocycles. The highest BCUT2D eigenvalue weighted by molar-refractivity contribution is 4.82. The van der Waals surface area contributed by atoms with Crippen LogP contribution in [0.15, 0.2) is 0 Å². The van der Waals surface area contributed by atoms with Crippen molar-refractivity contribution in [2.75, 3.05) is 0 Å². The third-order valence-corrected chi connectivity index (χ3v) is 3.01. The largest absolute Gasteiger partial charge is 0.375 e. The quantitative estimate of drug-likeness (QED) is 0.648. The van der Waals surface area contributed by atoms with E-state index in [1.807, 2.05) is 0 Å². The molecule has 1 rings (SSSR count). The lowest BCUT2D eigenvalue weighted by molar-refractivity contribution is -0.0971. The molecule has 0 aromatic carbocycles. The molecule has 0 N–H and O–H groups in total. The first-order valence-corrected chi connectivity index (χ1v) is 5.73. The SMILES string of the molecule is CCCC1CC(C)(C)CC(CC)O1. The van der Waals surface area contributed by atoms with E-state index in [1.54, 1.807) is 0 Å². The molecule has 78 valence electrons. The second kappa shape index (κ2) is 4.45. The van der Waals surface area contributed by atoms with E-state index < -0.39 is 0 Å². The first-order chi connectivity index (χ1) is 6.07. The average Bonchev–Trinajstić information content (AvgIpc) is 2.02. The van der Waals surface area contributed by atoms with Crippen LogP contribution in [0.3, 0.4) is 0 Å². The second-order valence-electron chi connectivity index (χ2n) is 5.15. The van der Waals surface area contributed by atoms with Gasteiger partial charge in [0.25, 0.3) is 0 Å². The molecule has 1 saturated heterocycles. The molecule has 1 fully saturated rings. The molecule has 0 spiro atoms. The molecule has 0 saturated carbocycles. The number of ether oxygens (including phenoxy) is 1. The van der Waals surface area contributed by atoms with Crippen LogP contribution in [0.2, 0.25) is 0 Å². The van der Waals surface area contributed by atoms with Gasteiger partial charge in [0.15, 0.2) is 0 Å². The number of rotatable bonds is 3. The van der Waals surface area contributed by atoms with Crippen LogP contribution in [0, 0.1) is 5.41 Å². The van der Waals surface area contributed by atoms with E-state index in [-0.39, 0.29) is 0 Å². The fourth-order valence-electron chi connectivity index (χ4n) is 2.42. The Balaban J connectivity index is 2.49. The third kappa shape index (κ3) is 3.30. The van der Waals surface area contributed by atoms with Gasteiger partial charge in [-0.1, -0.05) is 34.1 Å². The van der Waals surface area contributed by atoms with Crippen LogP contribution in [0.4, 0.5) is 0 Å². The van der Waals surface area contributed by atoms with Gasteiger partial charge in [0.1, 0.15) is 0 Å². The summed E-state index contributed by atoms with van der Waals surface area (Å²) in [4.78, 5) is 0. The highest BCUT2D eigenvalue weighted by atomic mass is 16.5. The Hall–Kier alpha value is -0.0400. The van der Waals surface area contributed by atoms with E-state index in [4.69, 9.17) is 4.74 Å². The molecule has 0 aliphatic carbocycles. The Morgan fingerprint density at radius 3 is 2.31 bits per heavy atom. The van der Waals surface area contributed by atoms with Crippen molar-refractivity contribution in [2.45, 2.75) is 72.0 Å². The Morgan fingerprint density at radius 2 is 1.77 bits per heavy atom. The van der Waals surface area contributed by atoms with Crippen LogP contribution in [0.25, 0.3) is 0 Å². The van der Waals surface area contributed by atoms with Gasteiger partial charge in [-0.3, -0.25) is 0 Å². The van der Waals surface area contributed by atoms with E-state index in [1.165, 1.54) is 32.1 Å². The molecule has 2 atom stereocenters. The minimum atomic E-state index is 0.499. The molecule has 0 aromatic heterocycles. The van der Waals surface area contributed by atoms with Crippen molar-refractivity contribution in [1.29, 1.82) is 0 Å². The van der Waals surface area contributed by atoms with Crippen LogP contribution in [-0.2, 0) is 4.74 Å². The molecule has 0 amide bonds. The van der Waals surface area contributed by atoms with Gasteiger partial charge in [0.2, 0.25) is 0 Å². The summed E-state index contributed by atoms with van der Waals surface area (Å²) in [5, 5.41) is 0. The number of hydrogen-bond acceptors (Lipinski definition) is 1. The van der Waals surface area contributed by atoms with Gasteiger partial charge >= 0.3 is 0 Å². The van der Waals surface area contributed by atoms with E-state index >= 15 is 0 Å². The Kier molecular flexibility index (Phi) is 3.78. The first-order valence-electron chi connectivity index (χ1n) is 5.73. The molecular formula is C12H24O. The van der Waals surface area contributed by atoms with Crippen LogP contribution in [0.1, 0.15) is 59.8 Å². The van der Waals surface area contributed by atoms with Crippen molar-refractivity contribution in [2.24, 2.45) is 5.41 Å². The maximum Gasteiger partial charge on any atom is 0.0583 e. The summed E-state index contributed by atoms with van der Waals surface area (Å²) < 4.78 is 6.01. The van der Waals surface area contributed by atoms with E-state index in [9.17, 15) is 0 Å². The highest BCUT2D eigenvalue weighted by Crippen LogP contribution is 2.37. The van der Waals surface area contributed by atoms with Gasteiger partial charge in [-0.2, -0.15) is 0 Å². The summed E-state index contributed by atoms with van der Waals surface area (Å²) in [6.07, 6.45) is 7.18. The summed E-state index contributed by atoms with van der Waals surface area (Å²) in [5.74, 6) is 0. The fourth-order valence-corrected chi connectivity index (χ4v) is 2.42. The van der Waals surface area contributed by atoms with Crippen LogP contribution < -0.4 is 0 Å². The van der Waals surface area contributed by atoms with Crippen LogP contribution in [0.5, 0.6) is 0 Å². The highest BCUT2D eigenvalue weighted by Gasteiger charge is 2.33. The van der Waals surface area contributed by atoms with Gasteiger partial charge in [0, 0.05) is 0 Å². The Labute approximate surface area is 82.9 Å². The molecule has 0 radical (unpaired) electrons. The Morgan fingerprint density at radius 1 is 1.15 bits per heavy atom. The molecule has 1 nitrogen and oxygen atoms in total. The summed E-state index contributed by atoms with van der Waals surface area (Å²) in [5.41, 5.74) is 0.499. The van der Waals surface area contributed by atoms with E-state index in [0.29, 0.717) is 17.6 Å². The molecular weight excluding hydrogens is 160 g/mol. The van der Waals surface area contributed by atoms with Crippen LogP contribution in [-0.4, -0.2) is 12.2 Å². The van der Waals surface area contributed by atoms with Gasteiger partial charge in [-0.15, -0.1) is 0 Å². The summed E-state index contributed by atoms with van der Waals surface area (Å²) in [7, 11) is 0. The summed E-state index contributed by atoms with van der Waals surface area (Å²) in [6, 6.07) is 0. The Bertz CT molecular complexity index is 151. The van der Waals surface area contributed by atoms with Crippen molar-refractivity contribution < 1.29 is 4.74 Å². The van der Waals surface area contributed by atoms with Crippen molar-refractivity contribution in [3.63, 3.8) is 0 Å². The van der Waals surface area contributed by atoms with E-state index in [0.717, 1.165) is 0 Å². The standard InChI is InChI=1S/C12H24O/c1-5-7-11-9-12(3,4)8-10(6-2)13-11/h10-11H,5-9H2,1-4H3. The molecule has 13 heavy (non-hydrogen) atoms. The van der Waals surface area contributed by atoms with Crippen molar-refractivity contribution in [3.05, 3.63) is 0 Å². The maximum atomic E-state index is 6.01. The lowest BCUT2D eigenvalue weighted by atomic mass is 9.78. The predicted octanol–water partition coefficient (Wildman–Crippen LogP) is 3.77. The summed E-state index contributed by atoms with van der Waals surface area (Å²) in [6.45, 7) is 9.22. The molecule has 0 bridgehead atoms. The predicted molar refractivity (Wildman–Crippen MR) is 56.9 cm³/mol. The lowest BCUT2D eigenvalue weighted by Crippen LogP contribution is -2.36. The molecule has 2 unspecified atom stereocenters. The van der Waals surface area contributed by atoms with Crippen molar-refractivity contribution in [3.8, 4) is 0 Å². The van der Waals surface area contributed by atoms with Crippen molar-refractivity contribution in [1.82, 2.24) is 0 Å². The van der Waals surface area contributed by atoms with Gasteiger partial charge < -0.3 is 4.74 Å². The van der Waals surface area contributed by atoms with Gasteiger partial charge in [-0.25, -0.2) is 0 Å². The monoisotopic (exact) mass is 184 g/mol. The van der Waals surface area contributed by atoms with E-state index in [2.05, 4.69) is 27.7 Å². The minimum absolute atomic E-state index is 0.499. The average molecular weight is 184 g/mol. The zero-order chi connectivity index (χ0) is 9.90. The smallest absolute Gasteiger partial charge is 0.0583 e. The molecule has 1 heteroatoms.